The minimum Gasteiger partial charge on any atom is -0.507 e. The quantitative estimate of drug-likeness (QED) is 0.434. The summed E-state index contributed by atoms with van der Waals surface area (Å²) >= 11 is 0. The summed E-state index contributed by atoms with van der Waals surface area (Å²) in [6.45, 7) is 14.0. The maximum atomic E-state index is 10.3. The molecular formula is C28H34O2. The van der Waals surface area contributed by atoms with Crippen LogP contribution >= 0.6 is 0 Å². The number of hydrogen-bond donors (Lipinski definition) is 1. The molecule has 3 aromatic rings. The Morgan fingerprint density at radius 1 is 0.700 bits per heavy atom. The molecule has 1 N–H and O–H groups in total. The van der Waals surface area contributed by atoms with Gasteiger partial charge in [-0.15, -0.1) is 0 Å². The Hall–Kier alpha value is -2.74. The first-order chi connectivity index (χ1) is 14.3. The van der Waals surface area contributed by atoms with Crippen LogP contribution in [-0.2, 0) is 6.61 Å². The third kappa shape index (κ3) is 4.70. The van der Waals surface area contributed by atoms with E-state index in [0.717, 1.165) is 16.9 Å². The minimum atomic E-state index is 0.264. The topological polar surface area (TPSA) is 29.5 Å². The molecule has 0 aliphatic rings. The van der Waals surface area contributed by atoms with E-state index in [2.05, 4.69) is 53.7 Å². The molecule has 0 aromatic heterocycles. The van der Waals surface area contributed by atoms with Crippen molar-refractivity contribution >= 4 is 0 Å². The highest BCUT2D eigenvalue weighted by Gasteiger charge is 2.18. The highest BCUT2D eigenvalue weighted by Crippen LogP contribution is 2.37. The number of benzene rings is 3. The van der Waals surface area contributed by atoms with Gasteiger partial charge >= 0.3 is 0 Å². The molecule has 0 saturated carbocycles. The van der Waals surface area contributed by atoms with Gasteiger partial charge in [-0.25, -0.2) is 0 Å². The number of para-hydroxylation sites is 2. The number of phenols is 1. The molecule has 2 heteroatoms. The lowest BCUT2D eigenvalue weighted by atomic mass is 9.85. The maximum absolute atomic E-state index is 10.3. The third-order valence-corrected chi connectivity index (χ3v) is 5.71. The van der Waals surface area contributed by atoms with Crippen LogP contribution in [-0.4, -0.2) is 5.11 Å². The molecule has 0 aliphatic heterocycles. The molecule has 0 amide bonds. The van der Waals surface area contributed by atoms with Gasteiger partial charge in [0.2, 0.25) is 0 Å². The molecule has 0 saturated heterocycles. The van der Waals surface area contributed by atoms with Gasteiger partial charge in [0, 0.05) is 11.1 Å². The molecule has 0 aliphatic carbocycles. The van der Waals surface area contributed by atoms with Crippen LogP contribution in [0.4, 0.5) is 0 Å². The van der Waals surface area contributed by atoms with Gasteiger partial charge in [-0.3, -0.25) is 0 Å². The molecule has 0 heterocycles. The lowest BCUT2D eigenvalue weighted by Crippen LogP contribution is -2.09. The molecule has 3 aromatic carbocycles. The van der Waals surface area contributed by atoms with E-state index in [9.17, 15) is 5.11 Å². The molecule has 0 bridgehead atoms. The van der Waals surface area contributed by atoms with E-state index in [-0.39, 0.29) is 5.75 Å². The summed E-state index contributed by atoms with van der Waals surface area (Å²) in [5.41, 5.74) is 7.11. The molecule has 0 atom stereocenters. The molecule has 158 valence electrons. The second-order valence-corrected chi connectivity index (χ2v) is 8.94. The van der Waals surface area contributed by atoms with Gasteiger partial charge in [-0.2, -0.15) is 0 Å². The fourth-order valence-electron chi connectivity index (χ4n) is 3.94. The highest BCUT2D eigenvalue weighted by atomic mass is 16.5. The SMILES string of the molecule is CC(C)c1cc(C(C)C)c(COc2ccccc2-c2ccccc2O)c(C(C)C)c1. The first-order valence-electron chi connectivity index (χ1n) is 11.0. The van der Waals surface area contributed by atoms with E-state index in [1.807, 2.05) is 42.5 Å². The van der Waals surface area contributed by atoms with Gasteiger partial charge in [0.15, 0.2) is 0 Å². The van der Waals surface area contributed by atoms with Crippen LogP contribution in [0.5, 0.6) is 11.5 Å². The van der Waals surface area contributed by atoms with Gasteiger partial charge in [-0.05, 0) is 52.1 Å². The zero-order chi connectivity index (χ0) is 21.8. The standard InChI is InChI=1S/C28H34O2/c1-18(2)21-15-24(19(3)4)26(25(16-21)20(5)6)17-30-28-14-10-8-12-23(28)22-11-7-9-13-27(22)29/h7-16,18-20,29H,17H2,1-6H3. The van der Waals surface area contributed by atoms with Crippen molar-refractivity contribution in [2.45, 2.75) is 65.9 Å². The van der Waals surface area contributed by atoms with Crippen molar-refractivity contribution in [3.8, 4) is 22.6 Å². The zero-order valence-electron chi connectivity index (χ0n) is 19.1. The Kier molecular flexibility index (Phi) is 6.87. The fraction of sp³-hybridized carbons (Fsp3) is 0.357. The summed E-state index contributed by atoms with van der Waals surface area (Å²) in [5.74, 6) is 2.40. The largest absolute Gasteiger partial charge is 0.507 e. The van der Waals surface area contributed by atoms with Crippen molar-refractivity contribution in [3.63, 3.8) is 0 Å². The summed E-state index contributed by atoms with van der Waals surface area (Å²) in [4.78, 5) is 0. The van der Waals surface area contributed by atoms with Crippen molar-refractivity contribution < 1.29 is 9.84 Å². The average molecular weight is 403 g/mol. The Bertz CT molecular complexity index is 970. The average Bonchev–Trinajstić information content (AvgIpc) is 2.72. The molecule has 0 spiro atoms. The van der Waals surface area contributed by atoms with Crippen molar-refractivity contribution in [2.75, 3.05) is 0 Å². The summed E-state index contributed by atoms with van der Waals surface area (Å²) in [6, 6.07) is 20.1. The smallest absolute Gasteiger partial charge is 0.127 e. The molecule has 2 nitrogen and oxygen atoms in total. The van der Waals surface area contributed by atoms with Crippen LogP contribution in [0.15, 0.2) is 60.7 Å². The van der Waals surface area contributed by atoms with Crippen LogP contribution < -0.4 is 4.74 Å². The lowest BCUT2D eigenvalue weighted by molar-refractivity contribution is 0.304. The molecule has 30 heavy (non-hydrogen) atoms. The normalized spacial score (nSPS) is 11.5. The molecule has 0 fully saturated rings. The molecular weight excluding hydrogens is 368 g/mol. The molecule has 0 unspecified atom stereocenters. The van der Waals surface area contributed by atoms with E-state index in [1.54, 1.807) is 6.07 Å². The Morgan fingerprint density at radius 3 is 1.77 bits per heavy atom. The molecule has 3 rings (SSSR count). The van der Waals surface area contributed by atoms with E-state index < -0.39 is 0 Å². The maximum Gasteiger partial charge on any atom is 0.127 e. The van der Waals surface area contributed by atoms with Gasteiger partial charge in [0.25, 0.3) is 0 Å². The van der Waals surface area contributed by atoms with Crippen LogP contribution in [0.3, 0.4) is 0 Å². The monoisotopic (exact) mass is 402 g/mol. The summed E-state index contributed by atoms with van der Waals surface area (Å²) in [6.07, 6.45) is 0. The fourth-order valence-corrected chi connectivity index (χ4v) is 3.94. The molecule has 0 radical (unpaired) electrons. The van der Waals surface area contributed by atoms with E-state index in [1.165, 1.54) is 22.3 Å². The second-order valence-electron chi connectivity index (χ2n) is 8.94. The van der Waals surface area contributed by atoms with E-state index in [0.29, 0.717) is 24.4 Å². The lowest BCUT2D eigenvalue weighted by Gasteiger charge is -2.23. The van der Waals surface area contributed by atoms with Crippen molar-refractivity contribution in [1.29, 1.82) is 0 Å². The number of aromatic hydroxyl groups is 1. The van der Waals surface area contributed by atoms with Crippen LogP contribution in [0.2, 0.25) is 0 Å². The predicted octanol–water partition coefficient (Wildman–Crippen LogP) is 8.01. The van der Waals surface area contributed by atoms with Crippen molar-refractivity contribution in [2.24, 2.45) is 0 Å². The zero-order valence-corrected chi connectivity index (χ0v) is 19.1. The van der Waals surface area contributed by atoms with Crippen molar-refractivity contribution in [1.82, 2.24) is 0 Å². The summed E-state index contributed by atoms with van der Waals surface area (Å²) in [7, 11) is 0. The highest BCUT2D eigenvalue weighted by molar-refractivity contribution is 5.75. The third-order valence-electron chi connectivity index (χ3n) is 5.71. The van der Waals surface area contributed by atoms with Crippen LogP contribution in [0, 0.1) is 0 Å². The first-order valence-corrected chi connectivity index (χ1v) is 11.0. The second kappa shape index (κ2) is 9.38. The van der Waals surface area contributed by atoms with Gasteiger partial charge in [0.05, 0.1) is 0 Å². The van der Waals surface area contributed by atoms with E-state index in [4.69, 9.17) is 4.74 Å². The van der Waals surface area contributed by atoms with Gasteiger partial charge in [0.1, 0.15) is 18.1 Å². The number of hydrogen-bond acceptors (Lipinski definition) is 2. The Morgan fingerprint density at radius 2 is 1.23 bits per heavy atom. The van der Waals surface area contributed by atoms with E-state index >= 15 is 0 Å². The first kappa shape index (κ1) is 22.0. The minimum absolute atomic E-state index is 0.264. The number of phenolic OH excluding ortho intramolecular Hbond substituents is 1. The number of ether oxygens (including phenoxy) is 1. The van der Waals surface area contributed by atoms with Crippen LogP contribution in [0.1, 0.15) is 81.5 Å². The van der Waals surface area contributed by atoms with Gasteiger partial charge in [-0.1, -0.05) is 90.1 Å². The Labute approximate surface area is 181 Å². The van der Waals surface area contributed by atoms with Gasteiger partial charge < -0.3 is 9.84 Å². The summed E-state index contributed by atoms with van der Waals surface area (Å²) < 4.78 is 6.40. The predicted molar refractivity (Wildman–Crippen MR) is 127 cm³/mol. The van der Waals surface area contributed by atoms with Crippen molar-refractivity contribution in [3.05, 3.63) is 82.9 Å². The Balaban J connectivity index is 2.02. The summed E-state index contributed by atoms with van der Waals surface area (Å²) in [5, 5.41) is 10.3. The van der Waals surface area contributed by atoms with Crippen LogP contribution in [0.25, 0.3) is 11.1 Å². The number of rotatable bonds is 7.